The number of carbonyl (C=O) groups is 1. The minimum atomic E-state index is -0.506. The van der Waals surface area contributed by atoms with Gasteiger partial charge in [0.2, 0.25) is 0 Å². The summed E-state index contributed by atoms with van der Waals surface area (Å²) in [6, 6.07) is 6.31. The van der Waals surface area contributed by atoms with Crippen LogP contribution in [-0.4, -0.2) is 36.0 Å². The summed E-state index contributed by atoms with van der Waals surface area (Å²) >= 11 is 0.862. The fourth-order valence-corrected chi connectivity index (χ4v) is 2.53. The molecule has 0 unspecified atom stereocenters. The number of ether oxygens (including phenoxy) is 1. The van der Waals surface area contributed by atoms with E-state index in [1.807, 2.05) is 0 Å². The number of carbonyl (C=O) groups excluding carboxylic acids is 1. The van der Waals surface area contributed by atoms with Crippen molar-refractivity contribution in [3.05, 3.63) is 51.3 Å². The van der Waals surface area contributed by atoms with Crippen LogP contribution in [0, 0.1) is 10.1 Å². The summed E-state index contributed by atoms with van der Waals surface area (Å²) in [5, 5.41) is 10.6. The van der Waals surface area contributed by atoms with Crippen molar-refractivity contribution in [3.63, 3.8) is 0 Å². The molecular weight excluding hydrogens is 296 g/mol. The maximum Gasteiger partial charge on any atom is 0.324 e. The SMILES string of the molecule is COCCN(Cc1ccco1)C(=O)c1ccc([N+](=O)[O-])s1. The topological polar surface area (TPSA) is 85.8 Å². The van der Waals surface area contributed by atoms with Crippen LogP contribution in [0.5, 0.6) is 0 Å². The number of rotatable bonds is 7. The van der Waals surface area contributed by atoms with Crippen LogP contribution < -0.4 is 0 Å². The molecule has 2 heterocycles. The molecule has 0 aliphatic rings. The standard InChI is InChI=1S/C13H14N2O5S/c1-19-8-6-14(9-10-3-2-7-20-10)13(16)11-4-5-12(21-11)15(17)18/h2-5,7H,6,8-9H2,1H3. The van der Waals surface area contributed by atoms with Crippen LogP contribution in [0.3, 0.4) is 0 Å². The van der Waals surface area contributed by atoms with Crippen LogP contribution >= 0.6 is 11.3 Å². The van der Waals surface area contributed by atoms with E-state index in [1.165, 1.54) is 23.3 Å². The Morgan fingerprint density at radius 3 is 2.86 bits per heavy atom. The van der Waals surface area contributed by atoms with Gasteiger partial charge in [0.1, 0.15) is 5.76 Å². The highest BCUT2D eigenvalue weighted by atomic mass is 32.1. The first-order valence-corrected chi connectivity index (χ1v) is 6.98. The summed E-state index contributed by atoms with van der Waals surface area (Å²) in [6.07, 6.45) is 1.53. The summed E-state index contributed by atoms with van der Waals surface area (Å²) in [4.78, 5) is 24.5. The largest absolute Gasteiger partial charge is 0.467 e. The molecule has 0 atom stereocenters. The molecule has 0 aromatic carbocycles. The lowest BCUT2D eigenvalue weighted by Crippen LogP contribution is -2.32. The molecule has 2 rings (SSSR count). The van der Waals surface area contributed by atoms with Crippen LogP contribution in [-0.2, 0) is 11.3 Å². The van der Waals surface area contributed by atoms with Crippen molar-refractivity contribution >= 4 is 22.2 Å². The molecule has 0 saturated carbocycles. The number of furan rings is 1. The summed E-state index contributed by atoms with van der Waals surface area (Å²) < 4.78 is 10.2. The van der Waals surface area contributed by atoms with E-state index in [1.54, 1.807) is 19.2 Å². The van der Waals surface area contributed by atoms with E-state index < -0.39 is 4.92 Å². The molecule has 0 N–H and O–H groups in total. The molecule has 0 bridgehead atoms. The van der Waals surface area contributed by atoms with Crippen molar-refractivity contribution in [2.45, 2.75) is 6.54 Å². The van der Waals surface area contributed by atoms with Crippen molar-refractivity contribution in [3.8, 4) is 0 Å². The molecule has 0 fully saturated rings. The van der Waals surface area contributed by atoms with Crippen LogP contribution in [0.15, 0.2) is 34.9 Å². The normalized spacial score (nSPS) is 10.5. The zero-order chi connectivity index (χ0) is 15.2. The third-order valence-corrected chi connectivity index (χ3v) is 3.79. The number of hydrogen-bond acceptors (Lipinski definition) is 6. The van der Waals surface area contributed by atoms with Gasteiger partial charge in [-0.3, -0.25) is 14.9 Å². The predicted molar refractivity (Wildman–Crippen MR) is 76.3 cm³/mol. The van der Waals surface area contributed by atoms with Gasteiger partial charge in [-0.05, 0) is 18.2 Å². The Morgan fingerprint density at radius 2 is 2.29 bits per heavy atom. The van der Waals surface area contributed by atoms with E-state index in [9.17, 15) is 14.9 Å². The van der Waals surface area contributed by atoms with Crippen molar-refractivity contribution in [1.82, 2.24) is 4.90 Å². The molecule has 0 spiro atoms. The van der Waals surface area contributed by atoms with E-state index in [4.69, 9.17) is 9.15 Å². The van der Waals surface area contributed by atoms with Crippen LogP contribution in [0.25, 0.3) is 0 Å². The molecule has 0 aliphatic heterocycles. The molecule has 0 radical (unpaired) electrons. The highest BCUT2D eigenvalue weighted by Crippen LogP contribution is 2.25. The average Bonchev–Trinajstić information content (AvgIpc) is 3.13. The average molecular weight is 310 g/mol. The first-order chi connectivity index (χ1) is 10.1. The maximum absolute atomic E-state index is 12.4. The van der Waals surface area contributed by atoms with Gasteiger partial charge in [0.05, 0.1) is 29.2 Å². The Morgan fingerprint density at radius 1 is 1.48 bits per heavy atom. The Balaban J connectivity index is 2.13. The van der Waals surface area contributed by atoms with Gasteiger partial charge in [-0.25, -0.2) is 0 Å². The smallest absolute Gasteiger partial charge is 0.324 e. The number of amides is 1. The van der Waals surface area contributed by atoms with E-state index in [0.717, 1.165) is 11.3 Å². The number of hydrogen-bond donors (Lipinski definition) is 0. The van der Waals surface area contributed by atoms with Gasteiger partial charge in [-0.1, -0.05) is 11.3 Å². The molecule has 2 aromatic heterocycles. The minimum Gasteiger partial charge on any atom is -0.467 e. The first-order valence-electron chi connectivity index (χ1n) is 6.16. The number of methoxy groups -OCH3 is 1. The Bertz CT molecular complexity index is 608. The third-order valence-electron chi connectivity index (χ3n) is 2.76. The lowest BCUT2D eigenvalue weighted by molar-refractivity contribution is -0.380. The summed E-state index contributed by atoms with van der Waals surface area (Å²) in [7, 11) is 1.55. The van der Waals surface area contributed by atoms with E-state index in [-0.39, 0.29) is 10.9 Å². The molecule has 0 aliphatic carbocycles. The quantitative estimate of drug-likeness (QED) is 0.579. The lowest BCUT2D eigenvalue weighted by atomic mass is 10.3. The van der Waals surface area contributed by atoms with Gasteiger partial charge >= 0.3 is 5.00 Å². The summed E-state index contributed by atoms with van der Waals surface area (Å²) in [5.74, 6) is 0.368. The van der Waals surface area contributed by atoms with E-state index >= 15 is 0 Å². The second kappa shape index (κ2) is 7.00. The highest BCUT2D eigenvalue weighted by Gasteiger charge is 2.21. The Hall–Kier alpha value is -2.19. The first kappa shape index (κ1) is 15.2. The number of nitrogens with zero attached hydrogens (tertiary/aromatic N) is 2. The van der Waals surface area contributed by atoms with Gasteiger partial charge in [-0.15, -0.1) is 0 Å². The van der Waals surface area contributed by atoms with Gasteiger partial charge in [-0.2, -0.15) is 0 Å². The molecule has 2 aromatic rings. The summed E-state index contributed by atoms with van der Waals surface area (Å²) in [5.41, 5.74) is 0. The van der Waals surface area contributed by atoms with Crippen LogP contribution in [0.4, 0.5) is 5.00 Å². The van der Waals surface area contributed by atoms with Crippen LogP contribution in [0.2, 0.25) is 0 Å². The molecule has 7 nitrogen and oxygen atoms in total. The fourth-order valence-electron chi connectivity index (χ4n) is 1.74. The maximum atomic E-state index is 12.4. The Kier molecular flexibility index (Phi) is 5.07. The van der Waals surface area contributed by atoms with E-state index in [0.29, 0.717) is 30.3 Å². The molecular formula is C13H14N2O5S. The fraction of sp³-hybridized carbons (Fsp3) is 0.308. The number of nitro groups is 1. The second-order valence-corrected chi connectivity index (χ2v) is 5.26. The monoisotopic (exact) mass is 310 g/mol. The van der Waals surface area contributed by atoms with Crippen molar-refractivity contribution in [2.24, 2.45) is 0 Å². The van der Waals surface area contributed by atoms with Gasteiger partial charge in [0, 0.05) is 19.7 Å². The van der Waals surface area contributed by atoms with Crippen molar-refractivity contribution in [1.29, 1.82) is 0 Å². The zero-order valence-electron chi connectivity index (χ0n) is 11.4. The highest BCUT2D eigenvalue weighted by molar-refractivity contribution is 7.17. The molecule has 112 valence electrons. The lowest BCUT2D eigenvalue weighted by Gasteiger charge is -2.20. The molecule has 1 amide bonds. The molecule has 0 saturated heterocycles. The predicted octanol–water partition coefficient (Wildman–Crippen LogP) is 2.54. The Labute approximate surface area is 124 Å². The van der Waals surface area contributed by atoms with Crippen molar-refractivity contribution in [2.75, 3.05) is 20.3 Å². The second-order valence-electron chi connectivity index (χ2n) is 4.19. The zero-order valence-corrected chi connectivity index (χ0v) is 12.2. The summed E-state index contributed by atoms with van der Waals surface area (Å²) in [6.45, 7) is 1.04. The third kappa shape index (κ3) is 3.89. The van der Waals surface area contributed by atoms with Crippen LogP contribution in [0.1, 0.15) is 15.4 Å². The van der Waals surface area contributed by atoms with Gasteiger partial charge in [0.25, 0.3) is 5.91 Å². The minimum absolute atomic E-state index is 0.0527. The van der Waals surface area contributed by atoms with Gasteiger partial charge in [0.15, 0.2) is 0 Å². The van der Waals surface area contributed by atoms with E-state index in [2.05, 4.69) is 0 Å². The molecule has 8 heteroatoms. The molecule has 21 heavy (non-hydrogen) atoms. The number of thiophene rings is 1. The van der Waals surface area contributed by atoms with Crippen molar-refractivity contribution < 1.29 is 18.9 Å². The van der Waals surface area contributed by atoms with Gasteiger partial charge < -0.3 is 14.1 Å².